The van der Waals surface area contributed by atoms with E-state index < -0.39 is 0 Å². The van der Waals surface area contributed by atoms with Gasteiger partial charge in [-0.15, -0.1) is 0 Å². The summed E-state index contributed by atoms with van der Waals surface area (Å²) >= 11 is 4.88. The molecular weight excluding hydrogens is 350 g/mol. The minimum atomic E-state index is 0.358. The summed E-state index contributed by atoms with van der Waals surface area (Å²) in [5.74, 6) is 0. The molecule has 0 aromatic carbocycles. The molecule has 0 aromatic rings. The van der Waals surface area contributed by atoms with Crippen LogP contribution in [0.2, 0.25) is 0 Å². The lowest BCUT2D eigenvalue weighted by atomic mass is 9.97. The van der Waals surface area contributed by atoms with E-state index in [-0.39, 0.29) is 0 Å². The van der Waals surface area contributed by atoms with E-state index in [2.05, 4.69) is 71.2 Å². The SMILES string of the molecule is CC1=C(I)C=CC(C)(I)C1. The van der Waals surface area contributed by atoms with E-state index in [0.717, 1.165) is 0 Å². The Morgan fingerprint density at radius 2 is 2.20 bits per heavy atom. The van der Waals surface area contributed by atoms with E-state index in [1.54, 1.807) is 0 Å². The van der Waals surface area contributed by atoms with Gasteiger partial charge in [0.25, 0.3) is 0 Å². The zero-order valence-corrected chi connectivity index (χ0v) is 10.4. The van der Waals surface area contributed by atoms with Gasteiger partial charge in [0.05, 0.1) is 0 Å². The first-order chi connectivity index (χ1) is 4.51. The summed E-state index contributed by atoms with van der Waals surface area (Å²) in [5, 5.41) is 0. The third-order valence-corrected chi connectivity index (χ3v) is 3.62. The minimum absolute atomic E-state index is 0.358. The number of hydrogen-bond donors (Lipinski definition) is 0. The fourth-order valence-electron chi connectivity index (χ4n) is 1.05. The van der Waals surface area contributed by atoms with Crippen LogP contribution in [0.25, 0.3) is 0 Å². The van der Waals surface area contributed by atoms with Gasteiger partial charge in [0.1, 0.15) is 0 Å². The summed E-state index contributed by atoms with van der Waals surface area (Å²) in [6.07, 6.45) is 5.69. The molecule has 0 nitrogen and oxygen atoms in total. The van der Waals surface area contributed by atoms with E-state index in [4.69, 9.17) is 0 Å². The third kappa shape index (κ3) is 2.22. The van der Waals surface area contributed by atoms with Gasteiger partial charge in [-0.05, 0) is 42.9 Å². The summed E-state index contributed by atoms with van der Waals surface area (Å²) < 4.78 is 1.77. The number of alkyl halides is 1. The number of halogens is 2. The second kappa shape index (κ2) is 3.13. The molecular formula is C8H10I2. The number of hydrogen-bond acceptors (Lipinski definition) is 0. The Bertz CT molecular complexity index is 199. The molecule has 1 aliphatic rings. The molecule has 0 amide bonds. The van der Waals surface area contributed by atoms with E-state index in [1.165, 1.54) is 15.6 Å². The smallest absolute Gasteiger partial charge is 0.0413 e. The van der Waals surface area contributed by atoms with Crippen molar-refractivity contribution in [2.75, 3.05) is 0 Å². The Morgan fingerprint density at radius 3 is 2.60 bits per heavy atom. The van der Waals surface area contributed by atoms with E-state index >= 15 is 0 Å². The highest BCUT2D eigenvalue weighted by Crippen LogP contribution is 2.35. The van der Waals surface area contributed by atoms with Gasteiger partial charge in [-0.1, -0.05) is 40.3 Å². The van der Waals surface area contributed by atoms with Crippen LogP contribution in [0, 0.1) is 0 Å². The molecule has 1 rings (SSSR count). The van der Waals surface area contributed by atoms with Crippen molar-refractivity contribution >= 4 is 45.2 Å². The molecule has 2 heteroatoms. The summed E-state index contributed by atoms with van der Waals surface area (Å²) in [6, 6.07) is 0. The van der Waals surface area contributed by atoms with Crippen molar-refractivity contribution in [2.45, 2.75) is 23.7 Å². The molecule has 0 saturated heterocycles. The largest absolute Gasteiger partial charge is 0.0743 e. The highest BCUT2D eigenvalue weighted by molar-refractivity contribution is 14.1. The molecule has 0 aliphatic heterocycles. The molecule has 1 unspecified atom stereocenters. The maximum Gasteiger partial charge on any atom is 0.0413 e. The van der Waals surface area contributed by atoms with Crippen molar-refractivity contribution in [3.05, 3.63) is 21.3 Å². The fourth-order valence-corrected chi connectivity index (χ4v) is 2.17. The predicted molar refractivity (Wildman–Crippen MR) is 62.9 cm³/mol. The van der Waals surface area contributed by atoms with Gasteiger partial charge in [0.15, 0.2) is 0 Å². The van der Waals surface area contributed by atoms with Crippen LogP contribution in [0.1, 0.15) is 20.3 Å². The van der Waals surface area contributed by atoms with Crippen LogP contribution in [0.3, 0.4) is 0 Å². The summed E-state index contributed by atoms with van der Waals surface area (Å²) in [7, 11) is 0. The second-order valence-electron chi connectivity index (χ2n) is 2.92. The summed E-state index contributed by atoms with van der Waals surface area (Å²) in [4.78, 5) is 0. The van der Waals surface area contributed by atoms with Crippen LogP contribution < -0.4 is 0 Å². The average molecular weight is 360 g/mol. The van der Waals surface area contributed by atoms with Crippen LogP contribution in [0.15, 0.2) is 21.3 Å². The standard InChI is InChI=1S/C8H10I2/c1-6-5-8(2,10)4-3-7(6)9/h3-4H,5H2,1-2H3. The molecule has 0 saturated carbocycles. The monoisotopic (exact) mass is 360 g/mol. The van der Waals surface area contributed by atoms with Crippen molar-refractivity contribution in [2.24, 2.45) is 0 Å². The lowest BCUT2D eigenvalue weighted by Crippen LogP contribution is -2.14. The molecule has 56 valence electrons. The Labute approximate surface area is 89.4 Å². The van der Waals surface area contributed by atoms with Crippen molar-refractivity contribution in [1.82, 2.24) is 0 Å². The van der Waals surface area contributed by atoms with Crippen molar-refractivity contribution in [3.8, 4) is 0 Å². The van der Waals surface area contributed by atoms with Crippen molar-refractivity contribution in [1.29, 1.82) is 0 Å². The van der Waals surface area contributed by atoms with Gasteiger partial charge in [-0.2, -0.15) is 0 Å². The van der Waals surface area contributed by atoms with Crippen LogP contribution in [0.4, 0.5) is 0 Å². The normalized spacial score (nSPS) is 33.2. The van der Waals surface area contributed by atoms with Crippen molar-refractivity contribution < 1.29 is 0 Å². The number of allylic oxidation sites excluding steroid dienone is 4. The Kier molecular flexibility index (Phi) is 2.82. The molecule has 1 aliphatic carbocycles. The van der Waals surface area contributed by atoms with Gasteiger partial charge < -0.3 is 0 Å². The zero-order valence-electron chi connectivity index (χ0n) is 6.12. The zero-order chi connectivity index (χ0) is 7.78. The topological polar surface area (TPSA) is 0 Å². The molecule has 0 N–H and O–H groups in total. The van der Waals surface area contributed by atoms with Gasteiger partial charge in [0, 0.05) is 7.00 Å². The molecule has 10 heavy (non-hydrogen) atoms. The van der Waals surface area contributed by atoms with Crippen LogP contribution in [0.5, 0.6) is 0 Å². The molecule has 0 bridgehead atoms. The third-order valence-electron chi connectivity index (χ3n) is 1.60. The van der Waals surface area contributed by atoms with E-state index in [9.17, 15) is 0 Å². The summed E-state index contributed by atoms with van der Waals surface area (Å²) in [6.45, 7) is 4.47. The van der Waals surface area contributed by atoms with Gasteiger partial charge in [0.2, 0.25) is 0 Å². The average Bonchev–Trinajstić information content (AvgIpc) is 1.79. The molecule has 0 aromatic heterocycles. The first-order valence-electron chi connectivity index (χ1n) is 3.25. The molecule has 1 atom stereocenters. The first kappa shape index (κ1) is 9.03. The predicted octanol–water partition coefficient (Wildman–Crippen LogP) is 3.85. The molecule has 0 heterocycles. The van der Waals surface area contributed by atoms with E-state index in [1.807, 2.05) is 0 Å². The van der Waals surface area contributed by atoms with Crippen LogP contribution in [-0.2, 0) is 0 Å². The Morgan fingerprint density at radius 1 is 1.60 bits per heavy atom. The van der Waals surface area contributed by atoms with Crippen LogP contribution in [-0.4, -0.2) is 3.42 Å². The quantitative estimate of drug-likeness (QED) is 0.455. The maximum absolute atomic E-state index is 2.49. The lowest BCUT2D eigenvalue weighted by molar-refractivity contribution is 0.797. The molecule has 0 fully saturated rings. The van der Waals surface area contributed by atoms with Crippen molar-refractivity contribution in [3.63, 3.8) is 0 Å². The maximum atomic E-state index is 2.49. The fraction of sp³-hybridized carbons (Fsp3) is 0.500. The molecule has 0 radical (unpaired) electrons. The highest BCUT2D eigenvalue weighted by Gasteiger charge is 2.20. The minimum Gasteiger partial charge on any atom is -0.0743 e. The second-order valence-corrected chi connectivity index (χ2v) is 6.54. The van der Waals surface area contributed by atoms with Crippen LogP contribution >= 0.6 is 45.2 Å². The Hall–Kier alpha value is 0.940. The van der Waals surface area contributed by atoms with Gasteiger partial charge in [-0.25, -0.2) is 0 Å². The Balaban J connectivity index is 2.85. The lowest BCUT2D eigenvalue weighted by Gasteiger charge is -2.22. The first-order valence-corrected chi connectivity index (χ1v) is 5.40. The van der Waals surface area contributed by atoms with Gasteiger partial charge in [-0.3, -0.25) is 0 Å². The number of rotatable bonds is 0. The summed E-state index contributed by atoms with van der Waals surface area (Å²) in [5.41, 5.74) is 1.51. The molecule has 0 spiro atoms. The van der Waals surface area contributed by atoms with E-state index in [0.29, 0.717) is 3.42 Å². The van der Waals surface area contributed by atoms with Gasteiger partial charge >= 0.3 is 0 Å². The highest BCUT2D eigenvalue weighted by atomic mass is 127.